The van der Waals surface area contributed by atoms with Crippen LogP contribution in [-0.4, -0.2) is 35.6 Å². The van der Waals surface area contributed by atoms with Crippen LogP contribution < -0.4 is 5.32 Å². The average molecular weight is 267 g/mol. The van der Waals surface area contributed by atoms with Crippen LogP contribution in [0.25, 0.3) is 0 Å². The van der Waals surface area contributed by atoms with Gasteiger partial charge < -0.3 is 5.32 Å². The number of piperazine rings is 1. The SMILES string of the molecule is Cc1nc(C)c(C(C)N2CCNC(C(C)C)C2)s1. The van der Waals surface area contributed by atoms with E-state index in [1.54, 1.807) is 0 Å². The lowest BCUT2D eigenvalue weighted by Crippen LogP contribution is -2.53. The van der Waals surface area contributed by atoms with Crippen molar-refractivity contribution in [2.45, 2.75) is 46.7 Å². The quantitative estimate of drug-likeness (QED) is 0.913. The van der Waals surface area contributed by atoms with Gasteiger partial charge in [-0.2, -0.15) is 0 Å². The topological polar surface area (TPSA) is 28.2 Å². The molecule has 1 aromatic heterocycles. The van der Waals surface area contributed by atoms with E-state index in [0.717, 1.165) is 19.6 Å². The highest BCUT2D eigenvalue weighted by Crippen LogP contribution is 2.29. The molecule has 1 fully saturated rings. The molecule has 3 nitrogen and oxygen atoms in total. The molecule has 0 bridgehead atoms. The molecule has 4 heteroatoms. The molecule has 1 N–H and O–H groups in total. The predicted molar refractivity (Wildman–Crippen MR) is 78.2 cm³/mol. The number of hydrogen-bond acceptors (Lipinski definition) is 4. The Morgan fingerprint density at radius 1 is 1.33 bits per heavy atom. The molecular weight excluding hydrogens is 242 g/mol. The number of rotatable bonds is 3. The van der Waals surface area contributed by atoms with Gasteiger partial charge in [-0.05, 0) is 26.7 Å². The lowest BCUT2D eigenvalue weighted by Gasteiger charge is -2.39. The van der Waals surface area contributed by atoms with Gasteiger partial charge in [0.1, 0.15) is 0 Å². The van der Waals surface area contributed by atoms with Gasteiger partial charge in [0, 0.05) is 36.6 Å². The highest BCUT2D eigenvalue weighted by atomic mass is 32.1. The van der Waals surface area contributed by atoms with E-state index >= 15 is 0 Å². The lowest BCUT2D eigenvalue weighted by molar-refractivity contribution is 0.136. The predicted octanol–water partition coefficient (Wildman–Crippen LogP) is 2.75. The third-order valence-corrected chi connectivity index (χ3v) is 5.15. The molecule has 2 rings (SSSR count). The molecule has 0 radical (unpaired) electrons. The summed E-state index contributed by atoms with van der Waals surface area (Å²) in [7, 11) is 0. The van der Waals surface area contributed by atoms with Gasteiger partial charge in [0.15, 0.2) is 0 Å². The first kappa shape index (κ1) is 14.0. The minimum Gasteiger partial charge on any atom is -0.311 e. The number of thiazole rings is 1. The van der Waals surface area contributed by atoms with Crippen LogP contribution in [0.4, 0.5) is 0 Å². The first-order valence-electron chi connectivity index (χ1n) is 6.90. The molecule has 0 saturated carbocycles. The monoisotopic (exact) mass is 267 g/mol. The number of aromatic nitrogens is 1. The largest absolute Gasteiger partial charge is 0.311 e. The van der Waals surface area contributed by atoms with E-state index in [1.165, 1.54) is 15.6 Å². The maximum atomic E-state index is 4.56. The molecule has 0 aliphatic carbocycles. The zero-order chi connectivity index (χ0) is 13.3. The summed E-state index contributed by atoms with van der Waals surface area (Å²) in [6.45, 7) is 14.5. The maximum absolute atomic E-state index is 4.56. The second-order valence-corrected chi connectivity index (χ2v) is 6.89. The Morgan fingerprint density at radius 2 is 2.06 bits per heavy atom. The van der Waals surface area contributed by atoms with Gasteiger partial charge in [-0.25, -0.2) is 4.98 Å². The van der Waals surface area contributed by atoms with Crippen molar-refractivity contribution in [3.63, 3.8) is 0 Å². The zero-order valence-electron chi connectivity index (χ0n) is 12.2. The number of nitrogens with one attached hydrogen (secondary N) is 1. The van der Waals surface area contributed by atoms with Gasteiger partial charge in [0.05, 0.1) is 10.7 Å². The van der Waals surface area contributed by atoms with Crippen LogP contribution in [-0.2, 0) is 0 Å². The first-order chi connectivity index (χ1) is 8.49. The summed E-state index contributed by atoms with van der Waals surface area (Å²) in [5.41, 5.74) is 1.21. The second-order valence-electron chi connectivity index (χ2n) is 5.66. The molecule has 0 aromatic carbocycles. The van der Waals surface area contributed by atoms with Crippen molar-refractivity contribution in [2.24, 2.45) is 5.92 Å². The molecule has 102 valence electrons. The van der Waals surface area contributed by atoms with Crippen LogP contribution in [0.3, 0.4) is 0 Å². The van der Waals surface area contributed by atoms with Crippen LogP contribution in [0.15, 0.2) is 0 Å². The molecule has 0 amide bonds. The van der Waals surface area contributed by atoms with Gasteiger partial charge in [-0.1, -0.05) is 13.8 Å². The summed E-state index contributed by atoms with van der Waals surface area (Å²) in [6, 6.07) is 1.12. The van der Waals surface area contributed by atoms with Crippen LogP contribution in [0, 0.1) is 19.8 Å². The standard InChI is InChI=1S/C14H25N3S/c1-9(2)13-8-17(7-6-15-13)11(4)14-10(3)16-12(5)18-14/h9,11,13,15H,6-8H2,1-5H3. The van der Waals surface area contributed by atoms with Gasteiger partial charge in [0.25, 0.3) is 0 Å². The van der Waals surface area contributed by atoms with E-state index in [0.29, 0.717) is 18.0 Å². The summed E-state index contributed by atoms with van der Waals surface area (Å²) >= 11 is 1.85. The second kappa shape index (κ2) is 5.68. The van der Waals surface area contributed by atoms with Crippen molar-refractivity contribution in [3.05, 3.63) is 15.6 Å². The average Bonchev–Trinajstić information content (AvgIpc) is 2.67. The Labute approximate surface area is 115 Å². The summed E-state index contributed by atoms with van der Waals surface area (Å²) in [5.74, 6) is 0.698. The fourth-order valence-corrected chi connectivity index (χ4v) is 3.71. The van der Waals surface area contributed by atoms with E-state index in [-0.39, 0.29) is 0 Å². The summed E-state index contributed by atoms with van der Waals surface area (Å²) < 4.78 is 0. The van der Waals surface area contributed by atoms with Crippen LogP contribution >= 0.6 is 11.3 Å². The molecule has 2 unspecified atom stereocenters. The lowest BCUT2D eigenvalue weighted by atomic mass is 10.0. The number of hydrogen-bond donors (Lipinski definition) is 1. The molecule has 0 spiro atoms. The molecule has 1 saturated heterocycles. The number of aryl methyl sites for hydroxylation is 2. The molecule has 1 aliphatic heterocycles. The van der Waals surface area contributed by atoms with Gasteiger partial charge >= 0.3 is 0 Å². The molecule has 2 atom stereocenters. The van der Waals surface area contributed by atoms with Crippen molar-refractivity contribution in [1.29, 1.82) is 0 Å². The Hall–Kier alpha value is -0.450. The van der Waals surface area contributed by atoms with Gasteiger partial charge in [-0.3, -0.25) is 4.90 Å². The Morgan fingerprint density at radius 3 is 2.61 bits per heavy atom. The Balaban J connectivity index is 2.09. The third-order valence-electron chi connectivity index (χ3n) is 3.91. The fourth-order valence-electron chi connectivity index (χ4n) is 2.70. The third kappa shape index (κ3) is 2.92. The first-order valence-corrected chi connectivity index (χ1v) is 7.72. The highest BCUT2D eigenvalue weighted by Gasteiger charge is 2.27. The van der Waals surface area contributed by atoms with Crippen molar-refractivity contribution < 1.29 is 0 Å². The van der Waals surface area contributed by atoms with Crippen molar-refractivity contribution >= 4 is 11.3 Å². The van der Waals surface area contributed by atoms with Crippen molar-refractivity contribution in [2.75, 3.05) is 19.6 Å². The number of nitrogens with zero attached hydrogens (tertiary/aromatic N) is 2. The normalized spacial score (nSPS) is 23.6. The Bertz CT molecular complexity index is 400. The minimum absolute atomic E-state index is 0.500. The molecule has 18 heavy (non-hydrogen) atoms. The van der Waals surface area contributed by atoms with E-state index in [4.69, 9.17) is 0 Å². The van der Waals surface area contributed by atoms with Crippen LogP contribution in [0.1, 0.15) is 42.4 Å². The van der Waals surface area contributed by atoms with Gasteiger partial charge in [0.2, 0.25) is 0 Å². The smallest absolute Gasteiger partial charge is 0.0900 e. The highest BCUT2D eigenvalue weighted by molar-refractivity contribution is 7.11. The zero-order valence-corrected chi connectivity index (χ0v) is 13.0. The summed E-state index contributed by atoms with van der Waals surface area (Å²) in [4.78, 5) is 8.60. The Kier molecular flexibility index (Phi) is 4.41. The van der Waals surface area contributed by atoms with Crippen LogP contribution in [0.2, 0.25) is 0 Å². The van der Waals surface area contributed by atoms with E-state index in [9.17, 15) is 0 Å². The molecule has 1 aliphatic rings. The summed E-state index contributed by atoms with van der Waals surface area (Å²) in [6.07, 6.45) is 0. The van der Waals surface area contributed by atoms with Crippen LogP contribution in [0.5, 0.6) is 0 Å². The van der Waals surface area contributed by atoms with Crippen molar-refractivity contribution in [1.82, 2.24) is 15.2 Å². The summed E-state index contributed by atoms with van der Waals surface area (Å²) in [5, 5.41) is 4.81. The fraction of sp³-hybridized carbons (Fsp3) is 0.786. The van der Waals surface area contributed by atoms with E-state index in [2.05, 4.69) is 49.8 Å². The maximum Gasteiger partial charge on any atom is 0.0900 e. The van der Waals surface area contributed by atoms with E-state index in [1.807, 2.05) is 11.3 Å². The van der Waals surface area contributed by atoms with Crippen molar-refractivity contribution in [3.8, 4) is 0 Å². The van der Waals surface area contributed by atoms with E-state index < -0.39 is 0 Å². The molecule has 1 aromatic rings. The minimum atomic E-state index is 0.500. The molecule has 2 heterocycles. The van der Waals surface area contributed by atoms with Gasteiger partial charge in [-0.15, -0.1) is 11.3 Å². The molecular formula is C14H25N3S.